The third kappa shape index (κ3) is 11.4. The normalized spacial score (nSPS) is 11.2. The van der Waals surface area contributed by atoms with Crippen molar-refractivity contribution in [1.82, 2.24) is 24.6 Å². The maximum Gasteiger partial charge on any atom is 0.336 e. The zero-order valence-corrected chi connectivity index (χ0v) is 22.1. The van der Waals surface area contributed by atoms with Crippen molar-refractivity contribution < 1.29 is 34.8 Å². The summed E-state index contributed by atoms with van der Waals surface area (Å²) in [4.78, 5) is 39.6. The number of aliphatic carboxylic acids is 3. The van der Waals surface area contributed by atoms with E-state index < -0.39 is 36.4 Å². The minimum Gasteiger partial charge on any atom is -0.481 e. The monoisotopic (exact) mass is 541 g/mol. The summed E-state index contributed by atoms with van der Waals surface area (Å²) in [5.41, 5.74) is 0.669. The van der Waals surface area contributed by atoms with Gasteiger partial charge < -0.3 is 25.3 Å². The fraction of sp³-hybridized carbons (Fsp3) is 0.370. The van der Waals surface area contributed by atoms with Gasteiger partial charge in [0.25, 0.3) is 0 Å². The molecule has 0 spiro atoms. The van der Waals surface area contributed by atoms with Gasteiger partial charge in [-0.2, -0.15) is 5.10 Å². The lowest BCUT2D eigenvalue weighted by Gasteiger charge is -2.22. The molecular weight excluding hydrogens is 506 g/mol. The molecule has 3 aromatic rings. The second-order valence-electron chi connectivity index (χ2n) is 9.30. The standard InChI is InChI=1S/C21H27N5.C6H8O7/c1-24(2)13-8-14-25(18-20-9-6-7-12-22-20)16-19-15-23-26(17-19)21-10-4-3-5-11-21;7-3(8)1-6(13,5(11)12)2-4(9)10/h3-7,9-12,15,17H,8,13-14,16,18H2,1-2H3;13H,1-2H2,(H,7,8)(H,9,10)(H,11,12). The highest BCUT2D eigenvalue weighted by molar-refractivity contribution is 5.88. The second kappa shape index (κ2) is 15.3. The van der Waals surface area contributed by atoms with Crippen molar-refractivity contribution in [3.05, 3.63) is 78.4 Å². The van der Waals surface area contributed by atoms with Gasteiger partial charge in [0, 0.05) is 37.6 Å². The fourth-order valence-corrected chi connectivity index (χ4v) is 3.68. The first-order valence-electron chi connectivity index (χ1n) is 12.2. The van der Waals surface area contributed by atoms with Crippen LogP contribution >= 0.6 is 0 Å². The van der Waals surface area contributed by atoms with Crippen LogP contribution in [0.3, 0.4) is 0 Å². The molecular formula is C27H35N5O7. The van der Waals surface area contributed by atoms with E-state index >= 15 is 0 Å². The number of carboxylic acid groups (broad SMARTS) is 3. The van der Waals surface area contributed by atoms with E-state index in [1.165, 1.54) is 5.56 Å². The molecule has 12 heteroatoms. The van der Waals surface area contributed by atoms with Crippen molar-refractivity contribution >= 4 is 17.9 Å². The summed E-state index contributed by atoms with van der Waals surface area (Å²) in [5, 5.41) is 38.3. The van der Waals surface area contributed by atoms with E-state index in [4.69, 9.17) is 20.4 Å². The van der Waals surface area contributed by atoms with Gasteiger partial charge >= 0.3 is 17.9 Å². The molecule has 2 aromatic heterocycles. The van der Waals surface area contributed by atoms with Crippen LogP contribution in [0.2, 0.25) is 0 Å². The van der Waals surface area contributed by atoms with Gasteiger partial charge in [-0.1, -0.05) is 24.3 Å². The minimum absolute atomic E-state index is 0.852. The molecule has 0 aliphatic heterocycles. The molecule has 0 atom stereocenters. The highest BCUT2D eigenvalue weighted by Crippen LogP contribution is 2.16. The molecule has 1 aromatic carbocycles. The quantitative estimate of drug-likeness (QED) is 0.235. The van der Waals surface area contributed by atoms with Crippen molar-refractivity contribution in [3.63, 3.8) is 0 Å². The maximum absolute atomic E-state index is 10.3. The van der Waals surface area contributed by atoms with Crippen LogP contribution in [0.4, 0.5) is 0 Å². The lowest BCUT2D eigenvalue weighted by atomic mass is 9.96. The van der Waals surface area contributed by atoms with Gasteiger partial charge in [-0.15, -0.1) is 0 Å². The number of nitrogens with zero attached hydrogens (tertiary/aromatic N) is 5. The molecule has 0 aliphatic rings. The molecule has 0 amide bonds. The summed E-state index contributed by atoms with van der Waals surface area (Å²) in [6.45, 7) is 3.84. The van der Waals surface area contributed by atoms with Crippen LogP contribution in [0.5, 0.6) is 0 Å². The van der Waals surface area contributed by atoms with Gasteiger partial charge in [0.2, 0.25) is 0 Å². The van der Waals surface area contributed by atoms with Gasteiger partial charge in [0.15, 0.2) is 5.60 Å². The van der Waals surface area contributed by atoms with Gasteiger partial charge in [-0.05, 0) is 51.3 Å². The molecule has 0 bridgehead atoms. The third-order valence-electron chi connectivity index (χ3n) is 5.54. The number of rotatable bonds is 14. The predicted octanol–water partition coefficient (Wildman–Crippen LogP) is 1.97. The molecule has 0 fully saturated rings. The number of carboxylic acids is 3. The molecule has 3 rings (SSSR count). The zero-order valence-electron chi connectivity index (χ0n) is 22.1. The summed E-state index contributed by atoms with van der Waals surface area (Å²) in [7, 11) is 4.24. The van der Waals surface area contributed by atoms with E-state index in [0.29, 0.717) is 0 Å². The summed E-state index contributed by atoms with van der Waals surface area (Å²) in [6, 6.07) is 16.3. The van der Waals surface area contributed by atoms with E-state index in [1.54, 1.807) is 0 Å². The van der Waals surface area contributed by atoms with E-state index in [9.17, 15) is 14.4 Å². The Morgan fingerprint density at radius 2 is 1.54 bits per heavy atom. The number of para-hydroxylation sites is 1. The molecule has 4 N–H and O–H groups in total. The number of benzene rings is 1. The summed E-state index contributed by atoms with van der Waals surface area (Å²) in [6.07, 6.45) is 4.79. The van der Waals surface area contributed by atoms with Crippen molar-refractivity contribution in [3.8, 4) is 5.69 Å². The lowest BCUT2D eigenvalue weighted by molar-refractivity contribution is -0.170. The van der Waals surface area contributed by atoms with Crippen molar-refractivity contribution in [2.24, 2.45) is 0 Å². The number of pyridine rings is 1. The minimum atomic E-state index is -2.74. The van der Waals surface area contributed by atoms with Crippen LogP contribution in [-0.4, -0.2) is 95.7 Å². The fourth-order valence-electron chi connectivity index (χ4n) is 3.68. The van der Waals surface area contributed by atoms with Crippen LogP contribution in [0.25, 0.3) is 5.69 Å². The molecule has 210 valence electrons. The smallest absolute Gasteiger partial charge is 0.336 e. The summed E-state index contributed by atoms with van der Waals surface area (Å²) in [5.74, 6) is -5.02. The number of hydrogen-bond acceptors (Lipinski definition) is 8. The van der Waals surface area contributed by atoms with Crippen molar-refractivity contribution in [1.29, 1.82) is 0 Å². The Labute approximate surface area is 226 Å². The summed E-state index contributed by atoms with van der Waals surface area (Å²) < 4.78 is 1.94. The summed E-state index contributed by atoms with van der Waals surface area (Å²) >= 11 is 0. The van der Waals surface area contributed by atoms with Crippen LogP contribution < -0.4 is 0 Å². The first-order chi connectivity index (χ1) is 18.5. The SMILES string of the molecule is CN(C)CCCN(Cc1cnn(-c2ccccc2)c1)Cc1ccccn1.O=C(O)CC(O)(CC(=O)O)C(=O)O. The maximum atomic E-state index is 10.3. The Morgan fingerprint density at radius 3 is 2.08 bits per heavy atom. The third-order valence-corrected chi connectivity index (χ3v) is 5.54. The Balaban J connectivity index is 0.000000349. The van der Waals surface area contributed by atoms with Gasteiger partial charge in [-0.3, -0.25) is 19.5 Å². The van der Waals surface area contributed by atoms with E-state index in [-0.39, 0.29) is 0 Å². The van der Waals surface area contributed by atoms with E-state index in [1.807, 2.05) is 47.4 Å². The highest BCUT2D eigenvalue weighted by Gasteiger charge is 2.40. The topological polar surface area (TPSA) is 169 Å². The first kappa shape index (κ1) is 31.1. The number of aliphatic hydroxyl groups is 1. The molecule has 0 saturated carbocycles. The van der Waals surface area contributed by atoms with Crippen molar-refractivity contribution in [2.75, 3.05) is 27.2 Å². The molecule has 0 unspecified atom stereocenters. The van der Waals surface area contributed by atoms with Gasteiger partial charge in [0.1, 0.15) is 0 Å². The van der Waals surface area contributed by atoms with Gasteiger partial charge in [-0.25, -0.2) is 9.48 Å². The van der Waals surface area contributed by atoms with Crippen LogP contribution in [0, 0.1) is 0 Å². The molecule has 2 heterocycles. The van der Waals surface area contributed by atoms with Crippen LogP contribution in [0.1, 0.15) is 30.5 Å². The Hall–Kier alpha value is -4.13. The molecule has 39 heavy (non-hydrogen) atoms. The number of aromatic nitrogens is 3. The molecule has 0 aliphatic carbocycles. The van der Waals surface area contributed by atoms with Crippen LogP contribution in [-0.2, 0) is 27.5 Å². The lowest BCUT2D eigenvalue weighted by Crippen LogP contribution is -2.42. The molecule has 0 saturated heterocycles. The predicted molar refractivity (Wildman–Crippen MR) is 142 cm³/mol. The second-order valence-corrected chi connectivity index (χ2v) is 9.30. The van der Waals surface area contributed by atoms with E-state index in [2.05, 4.69) is 58.4 Å². The molecule has 0 radical (unpaired) electrons. The first-order valence-corrected chi connectivity index (χ1v) is 12.2. The largest absolute Gasteiger partial charge is 0.481 e. The highest BCUT2D eigenvalue weighted by atomic mass is 16.4. The number of carbonyl (C=O) groups is 3. The Bertz CT molecular complexity index is 1170. The Kier molecular flexibility index (Phi) is 12.2. The Morgan fingerprint density at radius 1 is 0.897 bits per heavy atom. The number of hydrogen-bond donors (Lipinski definition) is 4. The zero-order chi connectivity index (χ0) is 28.8. The van der Waals surface area contributed by atoms with Crippen LogP contribution in [0.15, 0.2) is 67.1 Å². The average Bonchev–Trinajstić information content (AvgIpc) is 3.33. The molecule has 12 nitrogen and oxygen atoms in total. The van der Waals surface area contributed by atoms with Gasteiger partial charge in [0.05, 0.1) is 30.4 Å². The average molecular weight is 542 g/mol. The van der Waals surface area contributed by atoms with E-state index in [0.717, 1.165) is 44.0 Å². The van der Waals surface area contributed by atoms with Crippen molar-refractivity contribution in [2.45, 2.75) is 38.0 Å².